The number of rotatable bonds is 3. The van der Waals surface area contributed by atoms with E-state index < -0.39 is 0 Å². The van der Waals surface area contributed by atoms with Gasteiger partial charge in [-0.05, 0) is 50.1 Å². The van der Waals surface area contributed by atoms with E-state index in [1.165, 1.54) is 23.3 Å². The molecular weight excluding hydrogens is 318 g/mol. The molecule has 3 heterocycles. The van der Waals surface area contributed by atoms with Crippen molar-refractivity contribution in [3.8, 4) is 0 Å². The van der Waals surface area contributed by atoms with Crippen LogP contribution >= 0.6 is 11.8 Å². The first-order valence-electron chi connectivity index (χ1n) is 8.61. The van der Waals surface area contributed by atoms with Crippen molar-refractivity contribution in [1.29, 1.82) is 0 Å². The summed E-state index contributed by atoms with van der Waals surface area (Å²) in [7, 11) is 0. The van der Waals surface area contributed by atoms with Gasteiger partial charge in [0.05, 0.1) is 5.69 Å². The molecule has 2 aromatic rings. The lowest BCUT2D eigenvalue weighted by Crippen LogP contribution is -2.36. The second-order valence-corrected chi connectivity index (χ2v) is 7.77. The first-order chi connectivity index (χ1) is 11.6. The zero-order chi connectivity index (χ0) is 16.7. The highest BCUT2D eigenvalue weighted by atomic mass is 32.2. The molecule has 5 heteroatoms. The van der Waals surface area contributed by atoms with Crippen molar-refractivity contribution in [2.45, 2.75) is 56.1 Å². The lowest BCUT2D eigenvalue weighted by atomic mass is 9.98. The number of thioether (sulfide) groups is 1. The standard InChI is InChI=1S/C19H23N3OS/c1-12-20-18-10-15-6-5-14(9-17(18)19(23)21-12)22(15)11-13-3-7-16(24-2)8-4-13/h3-4,7-8,14-15H,5-6,9-11H2,1-2H3,(H,20,21,23)/t14-,15+/m0/s1. The highest BCUT2D eigenvalue weighted by Gasteiger charge is 2.38. The lowest BCUT2D eigenvalue weighted by molar-refractivity contribution is 0.187. The van der Waals surface area contributed by atoms with Crippen molar-refractivity contribution in [3.63, 3.8) is 0 Å². The third kappa shape index (κ3) is 2.91. The summed E-state index contributed by atoms with van der Waals surface area (Å²) in [4.78, 5) is 23.7. The van der Waals surface area contributed by atoms with Gasteiger partial charge in [0, 0.05) is 35.5 Å². The molecule has 0 unspecified atom stereocenters. The van der Waals surface area contributed by atoms with Gasteiger partial charge in [0.15, 0.2) is 0 Å². The summed E-state index contributed by atoms with van der Waals surface area (Å²) in [5.74, 6) is 0.732. The van der Waals surface area contributed by atoms with E-state index >= 15 is 0 Å². The van der Waals surface area contributed by atoms with E-state index in [1.54, 1.807) is 11.8 Å². The van der Waals surface area contributed by atoms with Gasteiger partial charge in [0.25, 0.3) is 5.56 Å². The predicted molar refractivity (Wildman–Crippen MR) is 97.6 cm³/mol. The summed E-state index contributed by atoms with van der Waals surface area (Å²) in [5, 5.41) is 0. The Balaban J connectivity index is 1.60. The molecule has 1 aromatic heterocycles. The van der Waals surface area contributed by atoms with Crippen LogP contribution in [-0.2, 0) is 19.4 Å². The van der Waals surface area contributed by atoms with Gasteiger partial charge in [-0.1, -0.05) is 12.1 Å². The van der Waals surface area contributed by atoms with E-state index in [0.29, 0.717) is 12.1 Å². The van der Waals surface area contributed by atoms with Crippen LogP contribution in [0.1, 0.15) is 35.5 Å². The minimum atomic E-state index is 0.0642. The zero-order valence-electron chi connectivity index (χ0n) is 14.2. The van der Waals surface area contributed by atoms with Gasteiger partial charge in [0.1, 0.15) is 5.82 Å². The molecule has 0 radical (unpaired) electrons. The van der Waals surface area contributed by atoms with Crippen LogP contribution < -0.4 is 5.56 Å². The lowest BCUT2D eigenvalue weighted by Gasteiger charge is -2.27. The number of nitrogens with one attached hydrogen (secondary N) is 1. The fourth-order valence-corrected chi connectivity index (χ4v) is 4.57. The Morgan fingerprint density at radius 1 is 1.21 bits per heavy atom. The minimum absolute atomic E-state index is 0.0642. The Morgan fingerprint density at radius 2 is 1.92 bits per heavy atom. The average Bonchev–Trinajstić information content (AvgIpc) is 2.84. The van der Waals surface area contributed by atoms with Crippen molar-refractivity contribution in [3.05, 3.63) is 57.3 Å². The minimum Gasteiger partial charge on any atom is -0.311 e. The maximum atomic E-state index is 12.3. The highest BCUT2D eigenvalue weighted by Crippen LogP contribution is 2.33. The Morgan fingerprint density at radius 3 is 2.62 bits per heavy atom. The number of benzene rings is 1. The topological polar surface area (TPSA) is 49.0 Å². The molecule has 4 rings (SSSR count). The van der Waals surface area contributed by atoms with Crippen molar-refractivity contribution < 1.29 is 0 Å². The SMILES string of the molecule is CSc1ccc(CN2[C@@H]3CC[C@H]2Cc2c(nc(C)[nH]c2=O)C3)cc1. The number of hydrogen-bond acceptors (Lipinski definition) is 4. The van der Waals surface area contributed by atoms with E-state index in [9.17, 15) is 4.79 Å². The molecule has 2 atom stereocenters. The molecule has 1 aromatic carbocycles. The molecule has 4 nitrogen and oxygen atoms in total. The van der Waals surface area contributed by atoms with Gasteiger partial charge in [0.2, 0.25) is 0 Å². The molecule has 0 spiro atoms. The predicted octanol–water partition coefficient (Wildman–Crippen LogP) is 2.93. The number of aromatic nitrogens is 2. The van der Waals surface area contributed by atoms with Crippen LogP contribution in [0, 0.1) is 6.92 Å². The second-order valence-electron chi connectivity index (χ2n) is 6.89. The normalized spacial score (nSPS) is 23.1. The van der Waals surface area contributed by atoms with Crippen LogP contribution in [0.4, 0.5) is 0 Å². The maximum Gasteiger partial charge on any atom is 0.254 e. The molecule has 0 amide bonds. The molecule has 2 aliphatic heterocycles. The van der Waals surface area contributed by atoms with Crippen LogP contribution in [-0.4, -0.2) is 33.2 Å². The Bertz CT molecular complexity index is 799. The van der Waals surface area contributed by atoms with E-state index in [2.05, 4.69) is 45.4 Å². The van der Waals surface area contributed by atoms with E-state index in [-0.39, 0.29) is 5.56 Å². The third-order valence-electron chi connectivity index (χ3n) is 5.38. The number of aromatic amines is 1. The average molecular weight is 341 g/mol. The Hall–Kier alpha value is -1.59. The van der Waals surface area contributed by atoms with Gasteiger partial charge in [-0.25, -0.2) is 4.98 Å². The highest BCUT2D eigenvalue weighted by molar-refractivity contribution is 7.98. The molecule has 2 bridgehead atoms. The molecule has 0 aliphatic carbocycles. The van der Waals surface area contributed by atoms with Crippen molar-refractivity contribution in [2.75, 3.05) is 6.26 Å². The van der Waals surface area contributed by atoms with Crippen LogP contribution in [0.15, 0.2) is 34.0 Å². The number of hydrogen-bond donors (Lipinski definition) is 1. The first-order valence-corrected chi connectivity index (χ1v) is 9.84. The number of fused-ring (bicyclic) bond motifs is 3. The summed E-state index contributed by atoms with van der Waals surface area (Å²) in [6.45, 7) is 2.84. The molecule has 1 fully saturated rings. The second kappa shape index (κ2) is 6.37. The maximum absolute atomic E-state index is 12.3. The van der Waals surface area contributed by atoms with Crippen LogP contribution in [0.25, 0.3) is 0 Å². The monoisotopic (exact) mass is 341 g/mol. The molecule has 1 N–H and O–H groups in total. The fraction of sp³-hybridized carbons (Fsp3) is 0.474. The number of aryl methyl sites for hydroxylation is 1. The summed E-state index contributed by atoms with van der Waals surface area (Å²) < 4.78 is 0. The van der Waals surface area contributed by atoms with E-state index in [1.807, 2.05) is 6.92 Å². The summed E-state index contributed by atoms with van der Waals surface area (Å²) in [6, 6.07) is 9.83. The molecule has 24 heavy (non-hydrogen) atoms. The number of nitrogens with zero attached hydrogens (tertiary/aromatic N) is 2. The van der Waals surface area contributed by atoms with Crippen LogP contribution in [0.3, 0.4) is 0 Å². The fourth-order valence-electron chi connectivity index (χ4n) is 4.16. The smallest absolute Gasteiger partial charge is 0.254 e. The molecule has 0 saturated carbocycles. The van der Waals surface area contributed by atoms with Gasteiger partial charge in [-0.3, -0.25) is 9.69 Å². The quantitative estimate of drug-likeness (QED) is 0.872. The Kier molecular flexibility index (Phi) is 4.22. The first kappa shape index (κ1) is 15.9. The van der Waals surface area contributed by atoms with Gasteiger partial charge < -0.3 is 4.98 Å². The van der Waals surface area contributed by atoms with Gasteiger partial charge >= 0.3 is 0 Å². The van der Waals surface area contributed by atoms with Crippen molar-refractivity contribution in [1.82, 2.24) is 14.9 Å². The molecule has 1 saturated heterocycles. The van der Waals surface area contributed by atoms with Crippen LogP contribution in [0.2, 0.25) is 0 Å². The zero-order valence-corrected chi connectivity index (χ0v) is 15.0. The largest absolute Gasteiger partial charge is 0.311 e. The van der Waals surface area contributed by atoms with Gasteiger partial charge in [-0.2, -0.15) is 0 Å². The summed E-state index contributed by atoms with van der Waals surface area (Å²) >= 11 is 1.77. The summed E-state index contributed by atoms with van der Waals surface area (Å²) in [5.41, 5.74) is 3.35. The molecule has 2 aliphatic rings. The van der Waals surface area contributed by atoms with Gasteiger partial charge in [-0.15, -0.1) is 11.8 Å². The molecular formula is C19H23N3OS. The summed E-state index contributed by atoms with van der Waals surface area (Å²) in [6.07, 6.45) is 6.23. The van der Waals surface area contributed by atoms with Crippen LogP contribution in [0.5, 0.6) is 0 Å². The third-order valence-corrected chi connectivity index (χ3v) is 6.13. The number of H-pyrrole nitrogens is 1. The van der Waals surface area contributed by atoms with Crippen molar-refractivity contribution in [2.24, 2.45) is 0 Å². The van der Waals surface area contributed by atoms with E-state index in [0.717, 1.165) is 36.5 Å². The van der Waals surface area contributed by atoms with Crippen molar-refractivity contribution >= 4 is 11.8 Å². The molecule has 126 valence electrons. The van der Waals surface area contributed by atoms with E-state index in [4.69, 9.17) is 0 Å². The Labute approximate surface area is 146 Å².